The number of hydrogen-bond acceptors (Lipinski definition) is 4. The normalized spacial score (nSPS) is 12.4. The molecule has 134 valence electrons. The lowest BCUT2D eigenvalue weighted by molar-refractivity contribution is -0.127. The number of amides is 2. The third kappa shape index (κ3) is 5.17. The third-order valence-electron chi connectivity index (χ3n) is 3.75. The quantitative estimate of drug-likeness (QED) is 0.789. The van der Waals surface area contributed by atoms with Crippen LogP contribution in [0, 0.1) is 11.8 Å². The maximum Gasteiger partial charge on any atom is 0.336 e. The molecule has 6 heteroatoms. The van der Waals surface area contributed by atoms with E-state index in [0.29, 0.717) is 23.1 Å². The van der Waals surface area contributed by atoms with Gasteiger partial charge in [0, 0.05) is 23.6 Å². The lowest BCUT2D eigenvalue weighted by atomic mass is 10.0. The standard InChI is InChI=1S/C19H24N2O4/c1-11(2)9-16(22)21-18(12(3)4)19(24)20-14-6-7-15-13(10-14)5-8-17(23)25-15/h5-8,10-12,18H,9H2,1-4H3,(H,20,24)(H,21,22)/t18-/m0/s1. The van der Waals surface area contributed by atoms with E-state index in [1.807, 2.05) is 27.7 Å². The first-order valence-corrected chi connectivity index (χ1v) is 8.40. The van der Waals surface area contributed by atoms with Crippen molar-refractivity contribution in [1.82, 2.24) is 5.32 Å². The minimum atomic E-state index is -0.615. The monoisotopic (exact) mass is 344 g/mol. The highest BCUT2D eigenvalue weighted by atomic mass is 16.4. The average molecular weight is 344 g/mol. The Labute approximate surface area is 146 Å². The van der Waals surface area contributed by atoms with Crippen molar-refractivity contribution in [2.45, 2.75) is 40.2 Å². The fraction of sp³-hybridized carbons (Fsp3) is 0.421. The van der Waals surface area contributed by atoms with Crippen LogP contribution in [0.3, 0.4) is 0 Å². The Morgan fingerprint density at radius 3 is 2.44 bits per heavy atom. The van der Waals surface area contributed by atoms with E-state index in [0.717, 1.165) is 0 Å². The molecule has 25 heavy (non-hydrogen) atoms. The van der Waals surface area contributed by atoms with Gasteiger partial charge in [-0.3, -0.25) is 9.59 Å². The van der Waals surface area contributed by atoms with Crippen LogP contribution in [0.1, 0.15) is 34.1 Å². The highest BCUT2D eigenvalue weighted by Gasteiger charge is 2.24. The lowest BCUT2D eigenvalue weighted by Crippen LogP contribution is -2.47. The van der Waals surface area contributed by atoms with E-state index in [4.69, 9.17) is 4.42 Å². The fourth-order valence-corrected chi connectivity index (χ4v) is 2.51. The topological polar surface area (TPSA) is 88.4 Å². The van der Waals surface area contributed by atoms with E-state index in [2.05, 4.69) is 10.6 Å². The molecule has 1 atom stereocenters. The van der Waals surface area contributed by atoms with Gasteiger partial charge in [-0.25, -0.2) is 4.79 Å². The van der Waals surface area contributed by atoms with Crippen LogP contribution in [-0.4, -0.2) is 17.9 Å². The summed E-state index contributed by atoms with van der Waals surface area (Å²) in [5.74, 6) is -0.228. The fourth-order valence-electron chi connectivity index (χ4n) is 2.51. The molecule has 2 rings (SSSR count). The zero-order valence-electron chi connectivity index (χ0n) is 15.0. The van der Waals surface area contributed by atoms with Gasteiger partial charge >= 0.3 is 5.63 Å². The third-order valence-corrected chi connectivity index (χ3v) is 3.75. The van der Waals surface area contributed by atoms with Gasteiger partial charge in [-0.1, -0.05) is 27.7 Å². The van der Waals surface area contributed by atoms with Gasteiger partial charge in [0.1, 0.15) is 11.6 Å². The molecule has 1 aromatic carbocycles. The predicted octanol–water partition coefficient (Wildman–Crippen LogP) is 2.92. The summed E-state index contributed by atoms with van der Waals surface area (Å²) in [7, 11) is 0. The minimum Gasteiger partial charge on any atom is -0.423 e. The van der Waals surface area contributed by atoms with Crippen molar-refractivity contribution in [3.05, 3.63) is 40.8 Å². The molecule has 6 nitrogen and oxygen atoms in total. The van der Waals surface area contributed by atoms with Gasteiger partial charge in [0.15, 0.2) is 0 Å². The summed E-state index contributed by atoms with van der Waals surface area (Å²) in [6.45, 7) is 7.68. The smallest absolute Gasteiger partial charge is 0.336 e. The number of nitrogens with one attached hydrogen (secondary N) is 2. The van der Waals surface area contributed by atoms with Crippen molar-refractivity contribution in [3.63, 3.8) is 0 Å². The Balaban J connectivity index is 2.13. The molecule has 0 saturated carbocycles. The summed E-state index contributed by atoms with van der Waals surface area (Å²) >= 11 is 0. The number of carbonyl (C=O) groups excluding carboxylic acids is 2. The van der Waals surface area contributed by atoms with E-state index in [1.165, 1.54) is 6.07 Å². The van der Waals surface area contributed by atoms with Crippen molar-refractivity contribution >= 4 is 28.5 Å². The summed E-state index contributed by atoms with van der Waals surface area (Å²) < 4.78 is 5.07. The number of hydrogen-bond donors (Lipinski definition) is 2. The molecule has 2 N–H and O–H groups in total. The molecule has 1 heterocycles. The number of carbonyl (C=O) groups is 2. The first-order chi connectivity index (χ1) is 11.8. The second kappa shape index (κ2) is 7.96. The summed E-state index contributed by atoms with van der Waals surface area (Å²) in [6.07, 6.45) is 0.380. The number of anilines is 1. The van der Waals surface area contributed by atoms with Gasteiger partial charge in [-0.15, -0.1) is 0 Å². The van der Waals surface area contributed by atoms with E-state index in [-0.39, 0.29) is 23.7 Å². The van der Waals surface area contributed by atoms with E-state index < -0.39 is 11.7 Å². The maximum absolute atomic E-state index is 12.6. The highest BCUT2D eigenvalue weighted by molar-refractivity contribution is 5.98. The molecule has 0 aliphatic carbocycles. The molecule has 0 spiro atoms. The van der Waals surface area contributed by atoms with Crippen LogP contribution in [-0.2, 0) is 9.59 Å². The van der Waals surface area contributed by atoms with Crippen LogP contribution >= 0.6 is 0 Å². The molecule has 0 bridgehead atoms. The molecule has 2 amide bonds. The van der Waals surface area contributed by atoms with Crippen LogP contribution in [0.25, 0.3) is 11.0 Å². The van der Waals surface area contributed by atoms with Crippen molar-refractivity contribution in [2.24, 2.45) is 11.8 Å². The molecule has 2 aromatic rings. The van der Waals surface area contributed by atoms with Crippen molar-refractivity contribution in [2.75, 3.05) is 5.32 Å². The Morgan fingerprint density at radius 1 is 1.08 bits per heavy atom. The molecule has 0 radical (unpaired) electrons. The number of rotatable bonds is 6. The minimum absolute atomic E-state index is 0.0467. The zero-order chi connectivity index (χ0) is 18.6. The van der Waals surface area contributed by atoms with Gasteiger partial charge in [0.2, 0.25) is 11.8 Å². The Bertz CT molecular complexity index is 824. The largest absolute Gasteiger partial charge is 0.423 e. The van der Waals surface area contributed by atoms with Crippen LogP contribution < -0.4 is 16.3 Å². The molecule has 0 saturated heterocycles. The molecular weight excluding hydrogens is 320 g/mol. The molecule has 0 unspecified atom stereocenters. The lowest BCUT2D eigenvalue weighted by Gasteiger charge is -2.22. The maximum atomic E-state index is 12.6. The van der Waals surface area contributed by atoms with E-state index in [1.54, 1.807) is 24.3 Å². The summed E-state index contributed by atoms with van der Waals surface area (Å²) in [6, 6.07) is 7.38. The van der Waals surface area contributed by atoms with Gasteiger partial charge in [-0.05, 0) is 36.1 Å². The Hall–Kier alpha value is -2.63. The van der Waals surface area contributed by atoms with Crippen LogP contribution in [0.5, 0.6) is 0 Å². The molecular formula is C19H24N2O4. The Morgan fingerprint density at radius 2 is 1.80 bits per heavy atom. The molecule has 0 fully saturated rings. The zero-order valence-corrected chi connectivity index (χ0v) is 15.0. The SMILES string of the molecule is CC(C)CC(=O)N[C@H](C(=O)Nc1ccc2oc(=O)ccc2c1)C(C)C. The predicted molar refractivity (Wildman–Crippen MR) is 97.3 cm³/mol. The van der Waals surface area contributed by atoms with E-state index >= 15 is 0 Å². The second-order valence-corrected chi connectivity index (χ2v) is 6.88. The molecule has 0 aliphatic rings. The van der Waals surface area contributed by atoms with Crippen molar-refractivity contribution in [1.29, 1.82) is 0 Å². The summed E-state index contributed by atoms with van der Waals surface area (Å²) in [5.41, 5.74) is 0.614. The second-order valence-electron chi connectivity index (χ2n) is 6.88. The Kier molecular flexibility index (Phi) is 5.96. The molecule has 0 aliphatic heterocycles. The molecule has 1 aromatic heterocycles. The average Bonchev–Trinajstić information content (AvgIpc) is 2.51. The van der Waals surface area contributed by atoms with Gasteiger partial charge in [-0.2, -0.15) is 0 Å². The van der Waals surface area contributed by atoms with Gasteiger partial charge < -0.3 is 15.1 Å². The van der Waals surface area contributed by atoms with Gasteiger partial charge in [0.25, 0.3) is 0 Å². The summed E-state index contributed by atoms with van der Waals surface area (Å²) in [4.78, 5) is 35.8. The number of fused-ring (bicyclic) bond motifs is 1. The van der Waals surface area contributed by atoms with Crippen LogP contribution in [0.15, 0.2) is 39.5 Å². The van der Waals surface area contributed by atoms with Crippen molar-refractivity contribution in [3.8, 4) is 0 Å². The van der Waals surface area contributed by atoms with E-state index in [9.17, 15) is 14.4 Å². The number of benzene rings is 1. The first kappa shape index (κ1) is 18.7. The van der Waals surface area contributed by atoms with Gasteiger partial charge in [0.05, 0.1) is 0 Å². The summed E-state index contributed by atoms with van der Waals surface area (Å²) in [5, 5.41) is 6.33. The first-order valence-electron chi connectivity index (χ1n) is 8.40. The van der Waals surface area contributed by atoms with Crippen molar-refractivity contribution < 1.29 is 14.0 Å². The van der Waals surface area contributed by atoms with Crippen LogP contribution in [0.4, 0.5) is 5.69 Å². The van der Waals surface area contributed by atoms with Crippen LogP contribution in [0.2, 0.25) is 0 Å². The highest BCUT2D eigenvalue weighted by Crippen LogP contribution is 2.18.